The lowest BCUT2D eigenvalue weighted by molar-refractivity contribution is -0.113. The number of anilines is 1. The standard InChI is InChI=1S/C28H27N3O3S/c1-18(32)19-8-12-21(13-9-19)30-26(33)17-35-28-24(16-29)27(20-10-14-22(34-2)15-11-20)23-6-4-3-5-7-25(23)31-28/h8-15H,3-7,17H2,1-2H3,(H,30,33). The van der Waals surface area contributed by atoms with Gasteiger partial charge in [0.15, 0.2) is 5.78 Å². The SMILES string of the molecule is COc1ccc(-c2c(C#N)c(SCC(=O)Nc3ccc(C(C)=O)cc3)nc3c2CCCCC3)cc1. The molecule has 1 heterocycles. The monoisotopic (exact) mass is 485 g/mol. The van der Waals surface area contributed by atoms with E-state index in [4.69, 9.17) is 9.72 Å². The maximum Gasteiger partial charge on any atom is 0.234 e. The van der Waals surface area contributed by atoms with Crippen LogP contribution in [0.4, 0.5) is 5.69 Å². The summed E-state index contributed by atoms with van der Waals surface area (Å²) < 4.78 is 5.31. The number of methoxy groups -OCH3 is 1. The summed E-state index contributed by atoms with van der Waals surface area (Å²) in [6.07, 6.45) is 5.02. The molecule has 1 N–H and O–H groups in total. The van der Waals surface area contributed by atoms with Crippen molar-refractivity contribution < 1.29 is 14.3 Å². The van der Waals surface area contributed by atoms with Crippen LogP contribution in [0.2, 0.25) is 0 Å². The van der Waals surface area contributed by atoms with Gasteiger partial charge in [0.2, 0.25) is 5.91 Å². The summed E-state index contributed by atoms with van der Waals surface area (Å²) in [7, 11) is 1.63. The summed E-state index contributed by atoms with van der Waals surface area (Å²) in [5, 5.41) is 13.6. The second-order valence-corrected chi connectivity index (χ2v) is 9.43. The molecular weight excluding hydrogens is 458 g/mol. The van der Waals surface area contributed by atoms with E-state index < -0.39 is 0 Å². The molecule has 0 atom stereocenters. The highest BCUT2D eigenvalue weighted by molar-refractivity contribution is 8.00. The van der Waals surface area contributed by atoms with E-state index in [1.807, 2.05) is 24.3 Å². The zero-order valence-corrected chi connectivity index (χ0v) is 20.7. The first kappa shape index (κ1) is 24.5. The predicted octanol–water partition coefficient (Wildman–Crippen LogP) is 5.83. The van der Waals surface area contributed by atoms with Crippen LogP contribution in [0, 0.1) is 11.3 Å². The molecule has 0 unspecified atom stereocenters. The number of Topliss-reactive ketones (excluding diaryl/α,β-unsaturated/α-hetero) is 1. The number of pyridine rings is 1. The van der Waals surface area contributed by atoms with Crippen molar-refractivity contribution in [3.05, 3.63) is 70.9 Å². The van der Waals surface area contributed by atoms with Crippen LogP contribution in [0.5, 0.6) is 5.75 Å². The minimum absolute atomic E-state index is 0.0237. The third-order valence-corrected chi connectivity index (χ3v) is 7.07. The third kappa shape index (κ3) is 5.72. The highest BCUT2D eigenvalue weighted by Gasteiger charge is 2.23. The number of nitrogens with one attached hydrogen (secondary N) is 1. The molecule has 6 nitrogen and oxygen atoms in total. The normalized spacial score (nSPS) is 12.7. The minimum atomic E-state index is -0.197. The second kappa shape index (κ2) is 11.2. The van der Waals surface area contributed by atoms with E-state index >= 15 is 0 Å². The van der Waals surface area contributed by atoms with Gasteiger partial charge in [-0.2, -0.15) is 5.26 Å². The zero-order valence-electron chi connectivity index (χ0n) is 19.9. The highest BCUT2D eigenvalue weighted by Crippen LogP contribution is 2.38. The highest BCUT2D eigenvalue weighted by atomic mass is 32.2. The Hall–Kier alpha value is -3.63. The van der Waals surface area contributed by atoms with Crippen LogP contribution in [-0.2, 0) is 17.6 Å². The first-order chi connectivity index (χ1) is 17.0. The summed E-state index contributed by atoms with van der Waals surface area (Å²) in [6, 6.07) is 16.9. The summed E-state index contributed by atoms with van der Waals surface area (Å²) in [5.41, 5.74) is 5.77. The van der Waals surface area contributed by atoms with E-state index in [0.717, 1.165) is 60.2 Å². The molecule has 35 heavy (non-hydrogen) atoms. The predicted molar refractivity (Wildman–Crippen MR) is 138 cm³/mol. The van der Waals surface area contributed by atoms with E-state index in [-0.39, 0.29) is 17.4 Å². The number of nitriles is 1. The van der Waals surface area contributed by atoms with Crippen LogP contribution < -0.4 is 10.1 Å². The second-order valence-electron chi connectivity index (χ2n) is 8.46. The average molecular weight is 486 g/mol. The molecule has 0 aliphatic heterocycles. The third-order valence-electron chi connectivity index (χ3n) is 6.10. The number of ether oxygens (including phenoxy) is 1. The number of carbonyl (C=O) groups excluding carboxylic acids is 2. The molecule has 0 radical (unpaired) electrons. The Kier molecular flexibility index (Phi) is 7.84. The Morgan fingerprint density at radius 3 is 2.43 bits per heavy atom. The molecule has 1 aromatic heterocycles. The van der Waals surface area contributed by atoms with Gasteiger partial charge in [0.1, 0.15) is 16.8 Å². The van der Waals surface area contributed by atoms with E-state index in [1.165, 1.54) is 18.7 Å². The van der Waals surface area contributed by atoms with Gasteiger partial charge in [0, 0.05) is 22.5 Å². The Labute approximate surface area is 209 Å². The molecule has 0 bridgehead atoms. The molecule has 1 aliphatic carbocycles. The van der Waals surface area contributed by atoms with Crippen LogP contribution in [0.1, 0.15) is 53.4 Å². The molecule has 4 rings (SSSR count). The lowest BCUT2D eigenvalue weighted by Gasteiger charge is -2.17. The molecule has 0 saturated heterocycles. The van der Waals surface area contributed by atoms with Crippen molar-refractivity contribution in [1.29, 1.82) is 5.26 Å². The van der Waals surface area contributed by atoms with E-state index in [9.17, 15) is 14.9 Å². The first-order valence-electron chi connectivity index (χ1n) is 11.6. The van der Waals surface area contributed by atoms with Gasteiger partial charge in [-0.25, -0.2) is 4.98 Å². The largest absolute Gasteiger partial charge is 0.497 e. The lowest BCUT2D eigenvalue weighted by Crippen LogP contribution is -2.15. The molecular formula is C28H27N3O3S. The average Bonchev–Trinajstić information content (AvgIpc) is 3.12. The van der Waals surface area contributed by atoms with Gasteiger partial charge in [-0.15, -0.1) is 0 Å². The molecule has 0 saturated carbocycles. The van der Waals surface area contributed by atoms with Crippen LogP contribution in [0.15, 0.2) is 53.6 Å². The Balaban J connectivity index is 1.61. The molecule has 2 aromatic carbocycles. The lowest BCUT2D eigenvalue weighted by atomic mass is 9.92. The number of rotatable bonds is 7. The fraction of sp³-hybridized carbons (Fsp3) is 0.286. The Morgan fingerprint density at radius 2 is 1.77 bits per heavy atom. The quantitative estimate of drug-likeness (QED) is 0.257. The topological polar surface area (TPSA) is 92.1 Å². The number of carbonyl (C=O) groups is 2. The molecule has 0 spiro atoms. The van der Waals surface area contributed by atoms with Gasteiger partial charge >= 0.3 is 0 Å². The molecule has 1 amide bonds. The number of nitrogens with zero attached hydrogens (tertiary/aromatic N) is 2. The van der Waals surface area contributed by atoms with Crippen molar-refractivity contribution in [2.24, 2.45) is 0 Å². The number of benzene rings is 2. The molecule has 1 aliphatic rings. The van der Waals surface area contributed by atoms with Gasteiger partial charge in [-0.05, 0) is 80.1 Å². The number of hydrogen-bond donors (Lipinski definition) is 1. The minimum Gasteiger partial charge on any atom is -0.497 e. The number of amides is 1. The van der Waals surface area contributed by atoms with Crippen molar-refractivity contribution in [2.75, 3.05) is 18.2 Å². The summed E-state index contributed by atoms with van der Waals surface area (Å²) in [4.78, 5) is 29.0. The summed E-state index contributed by atoms with van der Waals surface area (Å²) >= 11 is 1.28. The van der Waals surface area contributed by atoms with Crippen LogP contribution >= 0.6 is 11.8 Å². The van der Waals surface area contributed by atoms with E-state index in [1.54, 1.807) is 31.4 Å². The molecule has 0 fully saturated rings. The number of hydrogen-bond acceptors (Lipinski definition) is 6. The first-order valence-corrected chi connectivity index (χ1v) is 12.6. The number of fused-ring (bicyclic) bond motifs is 1. The van der Waals surface area contributed by atoms with Gasteiger partial charge in [0.05, 0.1) is 18.4 Å². The number of thioether (sulfide) groups is 1. The Morgan fingerprint density at radius 1 is 1.06 bits per heavy atom. The number of aryl methyl sites for hydroxylation is 1. The van der Waals surface area contributed by atoms with Crippen molar-refractivity contribution in [3.63, 3.8) is 0 Å². The maximum atomic E-state index is 12.6. The van der Waals surface area contributed by atoms with Gasteiger partial charge in [-0.3, -0.25) is 9.59 Å². The maximum absolute atomic E-state index is 12.6. The number of ketones is 1. The Bertz CT molecular complexity index is 1280. The van der Waals surface area contributed by atoms with Crippen LogP contribution in [0.25, 0.3) is 11.1 Å². The fourth-order valence-corrected chi connectivity index (χ4v) is 5.11. The van der Waals surface area contributed by atoms with Crippen molar-refractivity contribution in [1.82, 2.24) is 4.98 Å². The van der Waals surface area contributed by atoms with Crippen LogP contribution in [0.3, 0.4) is 0 Å². The van der Waals surface area contributed by atoms with E-state index in [2.05, 4.69) is 11.4 Å². The van der Waals surface area contributed by atoms with Crippen LogP contribution in [-0.4, -0.2) is 29.5 Å². The fourth-order valence-electron chi connectivity index (χ4n) is 4.30. The number of aromatic nitrogens is 1. The van der Waals surface area contributed by atoms with Crippen molar-refractivity contribution in [3.8, 4) is 22.9 Å². The smallest absolute Gasteiger partial charge is 0.234 e. The summed E-state index contributed by atoms with van der Waals surface area (Å²) in [6.45, 7) is 1.50. The molecule has 3 aromatic rings. The van der Waals surface area contributed by atoms with Crippen molar-refractivity contribution >= 4 is 29.1 Å². The summed E-state index contributed by atoms with van der Waals surface area (Å²) in [5.74, 6) is 0.661. The van der Waals surface area contributed by atoms with Gasteiger partial charge in [0.25, 0.3) is 0 Å². The zero-order chi connectivity index (χ0) is 24.8. The van der Waals surface area contributed by atoms with Gasteiger partial charge in [-0.1, -0.05) is 30.3 Å². The van der Waals surface area contributed by atoms with Crippen molar-refractivity contribution in [2.45, 2.75) is 44.1 Å². The van der Waals surface area contributed by atoms with E-state index in [0.29, 0.717) is 21.8 Å². The molecule has 178 valence electrons. The molecule has 7 heteroatoms. The van der Waals surface area contributed by atoms with Gasteiger partial charge < -0.3 is 10.1 Å².